The number of aldehydes is 1. The molecule has 1 N–H and O–H groups in total. The molecule has 0 aliphatic rings. The fourth-order valence-electron chi connectivity index (χ4n) is 0.871. The molecule has 0 fully saturated rings. The van der Waals surface area contributed by atoms with Gasteiger partial charge in [0.15, 0.2) is 6.29 Å². The first-order valence-corrected chi connectivity index (χ1v) is 3.84. The Hall–Kier alpha value is -2.15. The Kier molecular flexibility index (Phi) is 3.39. The molecule has 4 nitrogen and oxygen atoms in total. The molecule has 1 aromatic heterocycles. The van der Waals surface area contributed by atoms with Gasteiger partial charge >= 0.3 is 5.97 Å². The van der Waals surface area contributed by atoms with Crippen molar-refractivity contribution < 1.29 is 14.7 Å². The molecule has 0 amide bonds. The van der Waals surface area contributed by atoms with Crippen molar-refractivity contribution in [2.24, 2.45) is 0 Å². The first kappa shape index (κ1) is 9.93. The summed E-state index contributed by atoms with van der Waals surface area (Å²) in [5, 5.41) is 8.46. The summed E-state index contributed by atoms with van der Waals surface area (Å²) in [6.07, 6.45) is 1.82. The topological polar surface area (TPSA) is 67.3 Å². The molecule has 4 heteroatoms. The van der Waals surface area contributed by atoms with E-state index in [1.54, 1.807) is 12.1 Å². The summed E-state index contributed by atoms with van der Waals surface area (Å²) < 4.78 is 0. The zero-order chi connectivity index (χ0) is 10.4. The number of rotatable bonds is 2. The molecule has 1 rings (SSSR count). The van der Waals surface area contributed by atoms with Crippen molar-refractivity contribution in [1.29, 1.82) is 0 Å². The normalized spacial score (nSPS) is 8.57. The highest BCUT2D eigenvalue weighted by Gasteiger charge is 2.00. The molecule has 0 saturated carbocycles. The Morgan fingerprint density at radius 3 is 2.86 bits per heavy atom. The van der Waals surface area contributed by atoms with Crippen LogP contribution in [0.25, 0.3) is 0 Å². The van der Waals surface area contributed by atoms with Gasteiger partial charge in [-0.25, -0.2) is 0 Å². The predicted octanol–water partition coefficient (Wildman–Crippen LogP) is 0.259. The first-order chi connectivity index (χ1) is 6.72. The fourth-order valence-corrected chi connectivity index (χ4v) is 0.871. The van der Waals surface area contributed by atoms with Crippen LogP contribution in [0.15, 0.2) is 18.3 Å². The Morgan fingerprint density at radius 2 is 2.36 bits per heavy atom. The van der Waals surface area contributed by atoms with E-state index in [4.69, 9.17) is 5.11 Å². The molecule has 0 aliphatic heterocycles. The maximum absolute atomic E-state index is 10.3. The molecule has 0 bridgehead atoms. The van der Waals surface area contributed by atoms with Crippen molar-refractivity contribution in [3.63, 3.8) is 0 Å². The number of nitrogens with zero attached hydrogens (tertiary/aromatic N) is 1. The highest BCUT2D eigenvalue weighted by Crippen LogP contribution is 1.99. The Morgan fingerprint density at radius 1 is 1.57 bits per heavy atom. The van der Waals surface area contributed by atoms with Gasteiger partial charge < -0.3 is 5.11 Å². The minimum Gasteiger partial charge on any atom is -0.481 e. The van der Waals surface area contributed by atoms with Gasteiger partial charge in [0.1, 0.15) is 0 Å². The summed E-state index contributed by atoms with van der Waals surface area (Å²) in [4.78, 5) is 24.1. The number of pyridine rings is 1. The van der Waals surface area contributed by atoms with E-state index in [9.17, 15) is 9.59 Å². The Bertz CT molecular complexity index is 398. The van der Waals surface area contributed by atoms with Crippen molar-refractivity contribution in [3.05, 3.63) is 29.6 Å². The molecular weight excluding hydrogens is 182 g/mol. The van der Waals surface area contributed by atoms with Crippen LogP contribution in [0.3, 0.4) is 0 Å². The van der Waals surface area contributed by atoms with E-state index >= 15 is 0 Å². The smallest absolute Gasteiger partial charge is 0.309 e. The van der Waals surface area contributed by atoms with Crippen LogP contribution in [-0.2, 0) is 16.0 Å². The van der Waals surface area contributed by atoms with Crippen LogP contribution in [0.5, 0.6) is 0 Å². The second kappa shape index (κ2) is 4.77. The monoisotopic (exact) mass is 189 g/mol. The van der Waals surface area contributed by atoms with Crippen molar-refractivity contribution in [3.8, 4) is 11.8 Å². The molecule has 0 atom stereocenters. The largest absolute Gasteiger partial charge is 0.481 e. The van der Waals surface area contributed by atoms with Gasteiger partial charge in [-0.2, -0.15) is 0 Å². The molecule has 1 aromatic rings. The average Bonchev–Trinajstić information content (AvgIpc) is 2.16. The third-order valence-corrected chi connectivity index (χ3v) is 1.43. The summed E-state index contributed by atoms with van der Waals surface area (Å²) in [5.41, 5.74) is 1.06. The lowest BCUT2D eigenvalue weighted by molar-refractivity contribution is -0.136. The van der Waals surface area contributed by atoms with Crippen LogP contribution in [-0.4, -0.2) is 22.3 Å². The molecule has 0 spiro atoms. The standard InChI is InChI=1S/C10H7NO3/c12-5-1-2-8-3-4-9(11-7-8)6-10(13)14/h3-5,7H,6H2,(H,13,14). The number of carbonyl (C=O) groups excluding carboxylic acids is 1. The molecule has 0 aliphatic carbocycles. The maximum atomic E-state index is 10.3. The van der Waals surface area contributed by atoms with Crippen molar-refractivity contribution in [2.75, 3.05) is 0 Å². The molecule has 0 radical (unpaired) electrons. The number of hydrogen-bond donors (Lipinski definition) is 1. The first-order valence-electron chi connectivity index (χ1n) is 3.84. The Labute approximate surface area is 80.6 Å². The van der Waals surface area contributed by atoms with Gasteiger partial charge in [-0.3, -0.25) is 14.6 Å². The van der Waals surface area contributed by atoms with E-state index in [0.717, 1.165) is 0 Å². The van der Waals surface area contributed by atoms with E-state index in [0.29, 0.717) is 17.5 Å². The zero-order valence-electron chi connectivity index (χ0n) is 7.23. The van der Waals surface area contributed by atoms with Gasteiger partial charge in [0.05, 0.1) is 12.1 Å². The third kappa shape index (κ3) is 3.07. The van der Waals surface area contributed by atoms with Gasteiger partial charge in [-0.1, -0.05) is 5.92 Å². The van der Waals surface area contributed by atoms with E-state index in [2.05, 4.69) is 16.8 Å². The van der Waals surface area contributed by atoms with Crippen LogP contribution in [0.4, 0.5) is 0 Å². The van der Waals surface area contributed by atoms with Crippen LogP contribution in [0.2, 0.25) is 0 Å². The molecular formula is C10H7NO3. The molecule has 1 heterocycles. The van der Waals surface area contributed by atoms with Crippen molar-refractivity contribution in [1.82, 2.24) is 4.98 Å². The highest BCUT2D eigenvalue weighted by atomic mass is 16.4. The minimum atomic E-state index is -0.927. The highest BCUT2D eigenvalue weighted by molar-refractivity contribution is 5.74. The van der Waals surface area contributed by atoms with Gasteiger partial charge in [0.25, 0.3) is 0 Å². The fraction of sp³-hybridized carbons (Fsp3) is 0.100. The summed E-state index contributed by atoms with van der Waals surface area (Å²) in [5.74, 6) is 3.86. The van der Waals surface area contributed by atoms with Gasteiger partial charge in [0.2, 0.25) is 0 Å². The molecule has 70 valence electrons. The zero-order valence-corrected chi connectivity index (χ0v) is 7.23. The van der Waals surface area contributed by atoms with Gasteiger partial charge in [-0.15, -0.1) is 0 Å². The quantitative estimate of drug-likeness (QED) is 0.535. The molecule has 14 heavy (non-hydrogen) atoms. The third-order valence-electron chi connectivity index (χ3n) is 1.43. The summed E-state index contributed by atoms with van der Waals surface area (Å²) in [6.45, 7) is 0. The summed E-state index contributed by atoms with van der Waals surface area (Å²) in [6, 6.07) is 3.20. The minimum absolute atomic E-state index is 0.110. The average molecular weight is 189 g/mol. The van der Waals surface area contributed by atoms with Crippen molar-refractivity contribution >= 4 is 12.3 Å². The number of aliphatic carboxylic acids is 1. The lowest BCUT2D eigenvalue weighted by Crippen LogP contribution is -2.01. The number of hydrogen-bond acceptors (Lipinski definition) is 3. The van der Waals surface area contributed by atoms with Crippen LogP contribution in [0, 0.1) is 11.8 Å². The van der Waals surface area contributed by atoms with Crippen LogP contribution < -0.4 is 0 Å². The van der Waals surface area contributed by atoms with Crippen molar-refractivity contribution in [2.45, 2.75) is 6.42 Å². The Balaban J connectivity index is 2.78. The maximum Gasteiger partial charge on any atom is 0.309 e. The van der Waals surface area contributed by atoms with Gasteiger partial charge in [0, 0.05) is 11.8 Å². The predicted molar refractivity (Wildman–Crippen MR) is 48.5 cm³/mol. The van der Waals surface area contributed by atoms with E-state index in [1.807, 2.05) is 0 Å². The number of carboxylic acid groups (broad SMARTS) is 1. The van der Waals surface area contributed by atoms with Crippen LogP contribution >= 0.6 is 0 Å². The van der Waals surface area contributed by atoms with Crippen LogP contribution in [0.1, 0.15) is 11.3 Å². The van der Waals surface area contributed by atoms with E-state index < -0.39 is 5.97 Å². The second-order valence-corrected chi connectivity index (χ2v) is 2.50. The number of carbonyl (C=O) groups is 2. The molecule has 0 unspecified atom stereocenters. The van der Waals surface area contributed by atoms with Gasteiger partial charge in [-0.05, 0) is 18.1 Å². The molecule has 0 saturated heterocycles. The SMILES string of the molecule is O=CC#Cc1ccc(CC(=O)O)nc1. The lowest BCUT2D eigenvalue weighted by atomic mass is 10.2. The summed E-state index contributed by atoms with van der Waals surface area (Å²) in [7, 11) is 0. The second-order valence-electron chi connectivity index (χ2n) is 2.50. The van der Waals surface area contributed by atoms with E-state index in [1.165, 1.54) is 6.20 Å². The lowest BCUT2D eigenvalue weighted by Gasteiger charge is -1.95. The summed E-state index contributed by atoms with van der Waals surface area (Å²) >= 11 is 0. The molecule has 0 aromatic carbocycles. The number of aromatic nitrogens is 1. The number of carboxylic acids is 1. The van der Waals surface area contributed by atoms with E-state index in [-0.39, 0.29) is 6.42 Å².